The standard InChI is InChI=1S/C53H37NO2/c1-53(2)47-12-6-3-9-39(47)33-48(53)36-19-27-42(28-20-36)54(40-23-15-34(16-24-40)37-21-29-51-45(31-37)43-10-4-7-13-49(43)55-51)41-25-17-35(18-26-41)38-22-30-52-46(32-38)44-11-5-8-14-50(44)56-52/h3-33H,1-2H3. The number of furan rings is 2. The van der Waals surface area contributed by atoms with E-state index in [0.29, 0.717) is 0 Å². The third-order valence-corrected chi connectivity index (χ3v) is 11.7. The molecule has 0 fully saturated rings. The first-order valence-corrected chi connectivity index (χ1v) is 19.2. The topological polar surface area (TPSA) is 29.5 Å². The first-order chi connectivity index (χ1) is 27.5. The molecular formula is C53H37NO2. The lowest BCUT2D eigenvalue weighted by atomic mass is 9.78. The lowest BCUT2D eigenvalue weighted by Crippen LogP contribution is -2.16. The van der Waals surface area contributed by atoms with E-state index in [2.05, 4.69) is 183 Å². The molecule has 56 heavy (non-hydrogen) atoms. The van der Waals surface area contributed by atoms with Gasteiger partial charge in [-0.05, 0) is 123 Å². The SMILES string of the molecule is CC1(C)C(c2ccc(N(c3ccc(-c4ccc5oc6ccccc6c5c4)cc3)c3ccc(-c4ccc5oc6ccccc6c5c4)cc3)cc2)=Cc2ccccc21. The van der Waals surface area contributed by atoms with Crippen LogP contribution in [0.2, 0.25) is 0 Å². The number of hydrogen-bond donors (Lipinski definition) is 0. The largest absolute Gasteiger partial charge is 0.456 e. The normalized spacial score (nSPS) is 13.4. The molecule has 2 heterocycles. The van der Waals surface area contributed by atoms with Gasteiger partial charge in [0.05, 0.1) is 0 Å². The molecule has 10 aromatic rings. The summed E-state index contributed by atoms with van der Waals surface area (Å²) in [5, 5.41) is 4.54. The van der Waals surface area contributed by atoms with Crippen molar-refractivity contribution in [2.75, 3.05) is 4.90 Å². The van der Waals surface area contributed by atoms with Crippen molar-refractivity contribution in [2.24, 2.45) is 0 Å². The zero-order valence-corrected chi connectivity index (χ0v) is 31.2. The molecule has 0 unspecified atom stereocenters. The molecule has 1 aliphatic rings. The number of nitrogens with zero attached hydrogens (tertiary/aromatic N) is 1. The molecular weight excluding hydrogens is 683 g/mol. The molecule has 3 heteroatoms. The van der Waals surface area contributed by atoms with Gasteiger partial charge in [0.1, 0.15) is 22.3 Å². The smallest absolute Gasteiger partial charge is 0.135 e. The molecule has 0 amide bonds. The predicted octanol–water partition coefficient (Wildman–Crippen LogP) is 15.1. The Morgan fingerprint density at radius 3 is 1.29 bits per heavy atom. The van der Waals surface area contributed by atoms with Gasteiger partial charge in [-0.2, -0.15) is 0 Å². The van der Waals surface area contributed by atoms with Crippen LogP contribution in [0.1, 0.15) is 30.5 Å². The molecule has 0 aliphatic heterocycles. The second kappa shape index (κ2) is 12.5. The van der Waals surface area contributed by atoms with Crippen molar-refractivity contribution in [1.82, 2.24) is 0 Å². The van der Waals surface area contributed by atoms with Crippen molar-refractivity contribution in [3.8, 4) is 22.3 Å². The Morgan fingerprint density at radius 2 is 0.786 bits per heavy atom. The van der Waals surface area contributed by atoms with Gasteiger partial charge in [-0.1, -0.05) is 123 Å². The van der Waals surface area contributed by atoms with Crippen molar-refractivity contribution >= 4 is 72.6 Å². The van der Waals surface area contributed by atoms with Gasteiger partial charge in [-0.3, -0.25) is 0 Å². The minimum Gasteiger partial charge on any atom is -0.456 e. The van der Waals surface area contributed by atoms with Crippen LogP contribution >= 0.6 is 0 Å². The van der Waals surface area contributed by atoms with E-state index < -0.39 is 0 Å². The molecule has 2 aromatic heterocycles. The van der Waals surface area contributed by atoms with Crippen LogP contribution in [0.3, 0.4) is 0 Å². The van der Waals surface area contributed by atoms with Crippen molar-refractivity contribution in [3.05, 3.63) is 199 Å². The molecule has 0 N–H and O–H groups in total. The lowest BCUT2D eigenvalue weighted by Gasteiger charge is -2.28. The Kier molecular flexibility index (Phi) is 7.20. The molecule has 0 atom stereocenters. The number of allylic oxidation sites excluding steroid dienone is 1. The molecule has 0 bridgehead atoms. The molecule has 0 radical (unpaired) electrons. The highest BCUT2D eigenvalue weighted by Crippen LogP contribution is 2.47. The van der Waals surface area contributed by atoms with Crippen molar-refractivity contribution in [2.45, 2.75) is 19.3 Å². The molecule has 11 rings (SSSR count). The highest BCUT2D eigenvalue weighted by atomic mass is 16.3. The summed E-state index contributed by atoms with van der Waals surface area (Å²) in [6.45, 7) is 4.65. The molecule has 0 saturated carbocycles. The van der Waals surface area contributed by atoms with E-state index in [1.807, 2.05) is 24.3 Å². The van der Waals surface area contributed by atoms with Gasteiger partial charge < -0.3 is 13.7 Å². The van der Waals surface area contributed by atoms with Gasteiger partial charge >= 0.3 is 0 Å². The van der Waals surface area contributed by atoms with Crippen LogP contribution in [0.5, 0.6) is 0 Å². The van der Waals surface area contributed by atoms with Gasteiger partial charge in [0.15, 0.2) is 0 Å². The summed E-state index contributed by atoms with van der Waals surface area (Å²) >= 11 is 0. The van der Waals surface area contributed by atoms with Crippen LogP contribution in [-0.2, 0) is 5.41 Å². The second-order valence-corrected chi connectivity index (χ2v) is 15.4. The zero-order chi connectivity index (χ0) is 37.4. The van der Waals surface area contributed by atoms with Gasteiger partial charge in [0.2, 0.25) is 0 Å². The number of rotatable bonds is 6. The van der Waals surface area contributed by atoms with E-state index in [-0.39, 0.29) is 5.41 Å². The number of fused-ring (bicyclic) bond motifs is 7. The summed E-state index contributed by atoms with van der Waals surface area (Å²) in [7, 11) is 0. The van der Waals surface area contributed by atoms with E-state index in [1.54, 1.807) is 0 Å². The van der Waals surface area contributed by atoms with Gasteiger partial charge in [0, 0.05) is 44.0 Å². The molecule has 3 nitrogen and oxygen atoms in total. The number of hydrogen-bond acceptors (Lipinski definition) is 3. The number of anilines is 3. The Hall–Kier alpha value is -7.10. The van der Waals surface area contributed by atoms with Crippen LogP contribution in [-0.4, -0.2) is 0 Å². The van der Waals surface area contributed by atoms with Crippen LogP contribution in [0.4, 0.5) is 17.1 Å². The van der Waals surface area contributed by atoms with E-state index in [0.717, 1.165) is 83.2 Å². The number of benzene rings is 8. The predicted molar refractivity (Wildman–Crippen MR) is 234 cm³/mol. The second-order valence-electron chi connectivity index (χ2n) is 15.4. The van der Waals surface area contributed by atoms with Crippen molar-refractivity contribution in [1.29, 1.82) is 0 Å². The average molecular weight is 720 g/mol. The quantitative estimate of drug-likeness (QED) is 0.171. The maximum atomic E-state index is 6.11. The maximum Gasteiger partial charge on any atom is 0.135 e. The van der Waals surface area contributed by atoms with Gasteiger partial charge in [-0.15, -0.1) is 0 Å². The van der Waals surface area contributed by atoms with E-state index >= 15 is 0 Å². The Bertz CT molecular complexity index is 2980. The number of para-hydroxylation sites is 2. The van der Waals surface area contributed by atoms with Crippen LogP contribution < -0.4 is 4.90 Å². The first-order valence-electron chi connectivity index (χ1n) is 19.2. The van der Waals surface area contributed by atoms with E-state index in [4.69, 9.17) is 8.83 Å². The van der Waals surface area contributed by atoms with Gasteiger partial charge in [-0.25, -0.2) is 0 Å². The van der Waals surface area contributed by atoms with Crippen LogP contribution in [0, 0.1) is 0 Å². The summed E-state index contributed by atoms with van der Waals surface area (Å²) in [4.78, 5) is 2.35. The summed E-state index contributed by atoms with van der Waals surface area (Å²) in [5.74, 6) is 0. The summed E-state index contributed by atoms with van der Waals surface area (Å²) < 4.78 is 12.2. The Balaban J connectivity index is 0.970. The fourth-order valence-electron chi connectivity index (χ4n) is 8.77. The molecule has 0 spiro atoms. The third-order valence-electron chi connectivity index (χ3n) is 11.7. The monoisotopic (exact) mass is 719 g/mol. The highest BCUT2D eigenvalue weighted by molar-refractivity contribution is 6.07. The molecule has 8 aromatic carbocycles. The Morgan fingerprint density at radius 1 is 0.375 bits per heavy atom. The summed E-state index contributed by atoms with van der Waals surface area (Å²) in [5.41, 5.74) is 16.7. The molecule has 0 saturated heterocycles. The lowest BCUT2D eigenvalue weighted by molar-refractivity contribution is 0.668. The minimum atomic E-state index is -0.0685. The summed E-state index contributed by atoms with van der Waals surface area (Å²) in [6.07, 6.45) is 2.35. The highest BCUT2D eigenvalue weighted by Gasteiger charge is 2.33. The average Bonchev–Trinajstić information content (AvgIpc) is 3.90. The van der Waals surface area contributed by atoms with E-state index in [9.17, 15) is 0 Å². The zero-order valence-electron chi connectivity index (χ0n) is 31.2. The maximum absolute atomic E-state index is 6.11. The van der Waals surface area contributed by atoms with Crippen molar-refractivity contribution < 1.29 is 8.83 Å². The fraction of sp³-hybridized carbons (Fsp3) is 0.0566. The van der Waals surface area contributed by atoms with Crippen LogP contribution in [0.25, 0.3) is 77.8 Å². The summed E-state index contributed by atoms with van der Waals surface area (Å²) in [6, 6.07) is 65.1. The molecule has 1 aliphatic carbocycles. The van der Waals surface area contributed by atoms with Crippen molar-refractivity contribution in [3.63, 3.8) is 0 Å². The van der Waals surface area contributed by atoms with Crippen LogP contribution in [0.15, 0.2) is 191 Å². The third kappa shape index (κ3) is 5.20. The molecule has 266 valence electrons. The Labute approximate surface area is 325 Å². The fourth-order valence-corrected chi connectivity index (χ4v) is 8.77. The minimum absolute atomic E-state index is 0.0685. The van der Waals surface area contributed by atoms with Gasteiger partial charge in [0.25, 0.3) is 0 Å². The first kappa shape index (κ1) is 32.3. The van der Waals surface area contributed by atoms with E-state index in [1.165, 1.54) is 22.3 Å².